The fourth-order valence-electron chi connectivity index (χ4n) is 3.78. The SMILES string of the molecule is C#CCn1c(=NC(=O)CSCC(=O)N2CCc3ccccc32)sc2cc(C(=O)OCC)ccc21. The lowest BCUT2D eigenvalue weighted by Crippen LogP contribution is -2.30. The Balaban J connectivity index is 1.45. The second-order valence-corrected chi connectivity index (χ2v) is 9.50. The fourth-order valence-corrected chi connectivity index (χ4v) is 5.54. The molecule has 2 amide bonds. The highest BCUT2D eigenvalue weighted by Gasteiger charge is 2.24. The minimum Gasteiger partial charge on any atom is -0.462 e. The zero-order valence-electron chi connectivity index (χ0n) is 18.7. The normalized spacial score (nSPS) is 13.1. The summed E-state index contributed by atoms with van der Waals surface area (Å²) in [5, 5.41) is 0. The van der Waals surface area contributed by atoms with Crippen molar-refractivity contribution in [3.05, 3.63) is 58.4 Å². The van der Waals surface area contributed by atoms with Crippen LogP contribution in [0.15, 0.2) is 47.5 Å². The zero-order chi connectivity index (χ0) is 24.1. The lowest BCUT2D eigenvalue weighted by molar-refractivity contribution is -0.116. The van der Waals surface area contributed by atoms with Gasteiger partial charge >= 0.3 is 5.97 Å². The summed E-state index contributed by atoms with van der Waals surface area (Å²) in [5.74, 6) is 2.10. The van der Waals surface area contributed by atoms with Crippen LogP contribution in [0.25, 0.3) is 10.2 Å². The lowest BCUT2D eigenvalue weighted by Gasteiger charge is -2.16. The van der Waals surface area contributed by atoms with Crippen molar-refractivity contribution in [1.29, 1.82) is 0 Å². The molecular formula is C25H23N3O4S2. The minimum atomic E-state index is -0.405. The number of hydrogen-bond acceptors (Lipinski definition) is 6. The van der Waals surface area contributed by atoms with Gasteiger partial charge in [-0.05, 0) is 43.2 Å². The summed E-state index contributed by atoms with van der Waals surface area (Å²) in [6, 6.07) is 13.0. The van der Waals surface area contributed by atoms with Gasteiger partial charge in [0.15, 0.2) is 4.80 Å². The third-order valence-corrected chi connectivity index (χ3v) is 7.25. The molecule has 1 aliphatic rings. The predicted molar refractivity (Wildman–Crippen MR) is 135 cm³/mol. The predicted octanol–water partition coefficient (Wildman–Crippen LogP) is 3.26. The molecule has 7 nitrogen and oxygen atoms in total. The highest BCUT2D eigenvalue weighted by Crippen LogP contribution is 2.28. The number of anilines is 1. The molecule has 0 atom stereocenters. The van der Waals surface area contributed by atoms with E-state index >= 15 is 0 Å². The van der Waals surface area contributed by atoms with Crippen LogP contribution in [0.4, 0.5) is 5.69 Å². The van der Waals surface area contributed by atoms with Crippen LogP contribution in [-0.2, 0) is 27.3 Å². The molecule has 4 rings (SSSR count). The molecule has 34 heavy (non-hydrogen) atoms. The Bertz CT molecular complexity index is 1370. The number of carbonyl (C=O) groups is 3. The van der Waals surface area contributed by atoms with Crippen molar-refractivity contribution in [3.8, 4) is 12.3 Å². The van der Waals surface area contributed by atoms with Crippen LogP contribution in [0.3, 0.4) is 0 Å². The Hall–Kier alpha value is -3.35. The van der Waals surface area contributed by atoms with E-state index in [4.69, 9.17) is 11.2 Å². The molecule has 2 heterocycles. The largest absolute Gasteiger partial charge is 0.462 e. The molecule has 2 aromatic carbocycles. The lowest BCUT2D eigenvalue weighted by atomic mass is 10.2. The topological polar surface area (TPSA) is 81.0 Å². The molecule has 0 saturated heterocycles. The van der Waals surface area contributed by atoms with Gasteiger partial charge in [0.25, 0.3) is 5.91 Å². The van der Waals surface area contributed by atoms with E-state index in [9.17, 15) is 14.4 Å². The number of carbonyl (C=O) groups excluding carboxylic acids is 3. The van der Waals surface area contributed by atoms with Crippen molar-refractivity contribution >= 4 is 56.8 Å². The second kappa shape index (κ2) is 10.7. The third-order valence-electron chi connectivity index (χ3n) is 5.30. The van der Waals surface area contributed by atoms with Gasteiger partial charge in [0, 0.05) is 12.2 Å². The van der Waals surface area contributed by atoms with Gasteiger partial charge in [-0.25, -0.2) is 4.79 Å². The maximum absolute atomic E-state index is 12.6. The summed E-state index contributed by atoms with van der Waals surface area (Å²) < 4.78 is 7.61. The number of thiazole rings is 1. The van der Waals surface area contributed by atoms with Crippen LogP contribution in [0.5, 0.6) is 0 Å². The van der Waals surface area contributed by atoms with Gasteiger partial charge in [-0.3, -0.25) is 9.59 Å². The molecule has 0 unspecified atom stereocenters. The smallest absolute Gasteiger partial charge is 0.338 e. The summed E-state index contributed by atoms with van der Waals surface area (Å²) in [6.07, 6.45) is 6.37. The van der Waals surface area contributed by atoms with Crippen molar-refractivity contribution in [3.63, 3.8) is 0 Å². The Morgan fingerprint density at radius 1 is 1.21 bits per heavy atom. The summed E-state index contributed by atoms with van der Waals surface area (Å²) >= 11 is 2.53. The Morgan fingerprint density at radius 2 is 2.03 bits per heavy atom. The van der Waals surface area contributed by atoms with Crippen molar-refractivity contribution < 1.29 is 19.1 Å². The fraction of sp³-hybridized carbons (Fsp3) is 0.280. The van der Waals surface area contributed by atoms with Crippen molar-refractivity contribution in [2.24, 2.45) is 4.99 Å². The first-order valence-electron chi connectivity index (χ1n) is 10.8. The molecule has 0 aliphatic carbocycles. The van der Waals surface area contributed by atoms with Crippen LogP contribution in [-0.4, -0.2) is 47.0 Å². The van der Waals surface area contributed by atoms with Crippen LogP contribution >= 0.6 is 23.1 Å². The van der Waals surface area contributed by atoms with E-state index in [-0.39, 0.29) is 36.5 Å². The number of esters is 1. The van der Waals surface area contributed by atoms with E-state index in [1.54, 1.807) is 34.6 Å². The highest BCUT2D eigenvalue weighted by atomic mass is 32.2. The average Bonchev–Trinajstić information content (AvgIpc) is 3.40. The summed E-state index contributed by atoms with van der Waals surface area (Å²) in [6.45, 7) is 2.95. The van der Waals surface area contributed by atoms with Gasteiger partial charge in [-0.2, -0.15) is 4.99 Å². The van der Waals surface area contributed by atoms with E-state index in [0.29, 0.717) is 16.9 Å². The van der Waals surface area contributed by atoms with Crippen LogP contribution in [0.1, 0.15) is 22.8 Å². The van der Waals surface area contributed by atoms with Crippen LogP contribution in [0.2, 0.25) is 0 Å². The standard InChI is InChI=1S/C25H23N3O4S2/c1-3-12-28-20-10-9-18(24(31)32-4-2)14-21(20)34-25(28)26-22(29)15-33-16-23(30)27-13-11-17-7-5-6-8-19(17)27/h1,5-10,14H,4,11-13,15-16H2,2H3. The van der Waals surface area contributed by atoms with E-state index in [2.05, 4.69) is 10.9 Å². The molecule has 174 valence electrons. The first kappa shape index (κ1) is 23.8. The van der Waals surface area contributed by atoms with E-state index < -0.39 is 5.97 Å². The number of benzene rings is 2. The van der Waals surface area contributed by atoms with Gasteiger partial charge in [0.05, 0.1) is 40.4 Å². The average molecular weight is 494 g/mol. The van der Waals surface area contributed by atoms with E-state index in [0.717, 1.165) is 22.3 Å². The first-order chi connectivity index (χ1) is 16.5. The molecule has 1 aromatic heterocycles. The molecule has 0 saturated carbocycles. The molecular weight excluding hydrogens is 470 g/mol. The Labute approximate surface area is 205 Å². The number of ether oxygens (including phenoxy) is 1. The van der Waals surface area contributed by atoms with Gasteiger partial charge < -0.3 is 14.2 Å². The van der Waals surface area contributed by atoms with Crippen LogP contribution in [0, 0.1) is 12.3 Å². The van der Waals surface area contributed by atoms with Crippen molar-refractivity contribution in [2.75, 3.05) is 29.6 Å². The zero-order valence-corrected chi connectivity index (χ0v) is 20.3. The number of aromatic nitrogens is 1. The number of rotatable bonds is 7. The highest BCUT2D eigenvalue weighted by molar-refractivity contribution is 8.00. The molecule has 1 aliphatic heterocycles. The summed E-state index contributed by atoms with van der Waals surface area (Å²) in [4.78, 5) is 43.7. The maximum atomic E-state index is 12.6. The number of terminal acetylenes is 1. The quantitative estimate of drug-likeness (QED) is 0.373. The monoisotopic (exact) mass is 493 g/mol. The van der Waals surface area contributed by atoms with Crippen LogP contribution < -0.4 is 9.70 Å². The number of para-hydroxylation sites is 1. The van der Waals surface area contributed by atoms with Crippen molar-refractivity contribution in [2.45, 2.75) is 19.9 Å². The molecule has 9 heteroatoms. The van der Waals surface area contributed by atoms with Gasteiger partial charge in [-0.1, -0.05) is 35.5 Å². The maximum Gasteiger partial charge on any atom is 0.338 e. The molecule has 3 aromatic rings. The molecule has 0 N–H and O–H groups in total. The van der Waals surface area contributed by atoms with E-state index in [1.165, 1.54) is 28.7 Å². The molecule has 0 bridgehead atoms. The Kier molecular flexibility index (Phi) is 7.50. The van der Waals surface area contributed by atoms with Gasteiger partial charge in [-0.15, -0.1) is 18.2 Å². The minimum absolute atomic E-state index is 0.0153. The molecule has 0 spiro atoms. The number of fused-ring (bicyclic) bond motifs is 2. The van der Waals surface area contributed by atoms with Crippen molar-refractivity contribution in [1.82, 2.24) is 4.57 Å². The number of amides is 2. The van der Waals surface area contributed by atoms with E-state index in [1.807, 2.05) is 24.3 Å². The second-order valence-electron chi connectivity index (χ2n) is 7.50. The molecule has 0 fully saturated rings. The first-order valence-corrected chi connectivity index (χ1v) is 12.8. The van der Waals surface area contributed by atoms with Gasteiger partial charge in [0.2, 0.25) is 5.91 Å². The molecule has 0 radical (unpaired) electrons. The number of nitrogens with zero attached hydrogens (tertiary/aromatic N) is 3. The summed E-state index contributed by atoms with van der Waals surface area (Å²) in [7, 11) is 0. The van der Waals surface area contributed by atoms with Gasteiger partial charge in [0.1, 0.15) is 0 Å². The number of hydrogen-bond donors (Lipinski definition) is 0. The summed E-state index contributed by atoms with van der Waals surface area (Å²) in [5.41, 5.74) is 3.34. The number of thioether (sulfide) groups is 1. The third kappa shape index (κ3) is 5.08. The Morgan fingerprint density at radius 3 is 2.82 bits per heavy atom.